The molecule has 1 nitrogen and oxygen atoms in total. The Kier molecular flexibility index (Phi) is 2.77. The maximum Gasteiger partial charge on any atom is 0.480 e. The second-order valence-electron chi connectivity index (χ2n) is 4.68. The molecule has 0 atom stereocenters. The third-order valence-electron chi connectivity index (χ3n) is 3.36. The van der Waals surface area contributed by atoms with Crippen LogP contribution >= 0.6 is 0 Å². The molecule has 19 heavy (non-hydrogen) atoms. The van der Waals surface area contributed by atoms with Crippen LogP contribution in [0.15, 0.2) is 48.5 Å². The number of rotatable bonds is 3. The van der Waals surface area contributed by atoms with Crippen LogP contribution < -0.4 is 0 Å². The Hall–Kier alpha value is -1.91. The van der Waals surface area contributed by atoms with Gasteiger partial charge in [-0.05, 0) is 18.7 Å². The lowest BCUT2D eigenvalue weighted by atomic mass is 9.86. The van der Waals surface area contributed by atoms with Gasteiger partial charge in [0.25, 0.3) is 0 Å². The molecule has 1 heterocycles. The van der Waals surface area contributed by atoms with E-state index in [0.717, 1.165) is 21.8 Å². The number of benzene rings is 2. The molecule has 0 unspecified atom stereocenters. The number of halogens is 3. The van der Waals surface area contributed by atoms with E-state index in [1.54, 1.807) is 4.57 Å². The van der Waals surface area contributed by atoms with Gasteiger partial charge in [0.1, 0.15) is 0 Å². The number of fused-ring (bicyclic) bond motifs is 3. The number of aryl methyl sites for hydroxylation is 1. The van der Waals surface area contributed by atoms with Crippen LogP contribution in [0.3, 0.4) is 0 Å². The van der Waals surface area contributed by atoms with Gasteiger partial charge in [-0.1, -0.05) is 42.7 Å². The van der Waals surface area contributed by atoms with E-state index in [9.17, 15) is 12.9 Å². The average molecular weight is 262 g/mol. The topological polar surface area (TPSA) is 4.93 Å². The van der Waals surface area contributed by atoms with Crippen LogP contribution in [-0.2, 0) is 6.54 Å². The zero-order chi connectivity index (χ0) is 13.5. The van der Waals surface area contributed by atoms with Gasteiger partial charge < -0.3 is 17.5 Å². The van der Waals surface area contributed by atoms with Gasteiger partial charge in [-0.25, -0.2) is 0 Å². The standard InChI is InChI=1S/C14H12BF3N/c16-15(17,18)9-10-19-13-7-3-1-5-11(13)12-6-2-4-8-14(12)19/h1-8H,9-10H2/q-1. The van der Waals surface area contributed by atoms with Gasteiger partial charge in [0.05, 0.1) is 0 Å². The van der Waals surface area contributed by atoms with Gasteiger partial charge >= 0.3 is 6.98 Å². The summed E-state index contributed by atoms with van der Waals surface area (Å²) in [7, 11) is 0. The van der Waals surface area contributed by atoms with E-state index in [0.29, 0.717) is 0 Å². The van der Waals surface area contributed by atoms with Crippen molar-refractivity contribution in [3.8, 4) is 0 Å². The largest absolute Gasteiger partial charge is 0.480 e. The Morgan fingerprint density at radius 3 is 1.74 bits per heavy atom. The summed E-state index contributed by atoms with van der Waals surface area (Å²) >= 11 is 0. The van der Waals surface area contributed by atoms with Crippen molar-refractivity contribution >= 4 is 28.8 Å². The van der Waals surface area contributed by atoms with Gasteiger partial charge in [0.15, 0.2) is 0 Å². The molecule has 0 saturated heterocycles. The van der Waals surface area contributed by atoms with Crippen LogP contribution in [-0.4, -0.2) is 11.5 Å². The molecule has 0 bridgehead atoms. The molecule has 5 heteroatoms. The van der Waals surface area contributed by atoms with E-state index in [-0.39, 0.29) is 6.54 Å². The van der Waals surface area contributed by atoms with Crippen molar-refractivity contribution in [1.82, 2.24) is 4.57 Å². The second kappa shape index (κ2) is 4.33. The molecule has 0 aliphatic heterocycles. The van der Waals surface area contributed by atoms with Crippen LogP contribution in [0.5, 0.6) is 0 Å². The van der Waals surface area contributed by atoms with Gasteiger partial charge in [-0.3, -0.25) is 0 Å². The molecule has 1 aromatic heterocycles. The Labute approximate surface area is 108 Å². The molecule has 0 spiro atoms. The highest BCUT2D eigenvalue weighted by Gasteiger charge is 2.23. The molecule has 0 aliphatic rings. The highest BCUT2D eigenvalue weighted by molar-refractivity contribution is 6.58. The third-order valence-corrected chi connectivity index (χ3v) is 3.36. The first-order valence-electron chi connectivity index (χ1n) is 6.23. The summed E-state index contributed by atoms with van der Waals surface area (Å²) in [6, 6.07) is 15.2. The molecule has 98 valence electrons. The van der Waals surface area contributed by atoms with Crippen LogP contribution in [0.4, 0.5) is 12.9 Å². The zero-order valence-corrected chi connectivity index (χ0v) is 10.2. The molecular formula is C14H12BF3N-. The van der Waals surface area contributed by atoms with Crippen LogP contribution in [0.1, 0.15) is 0 Å². The summed E-state index contributed by atoms with van der Waals surface area (Å²) in [6.07, 6.45) is -0.747. The number of para-hydroxylation sites is 2. The van der Waals surface area contributed by atoms with Crippen molar-refractivity contribution in [2.24, 2.45) is 0 Å². The summed E-state index contributed by atoms with van der Waals surface area (Å²) in [5, 5.41) is 2.01. The van der Waals surface area contributed by atoms with E-state index in [4.69, 9.17) is 0 Å². The Morgan fingerprint density at radius 2 is 1.26 bits per heavy atom. The second-order valence-corrected chi connectivity index (χ2v) is 4.68. The van der Waals surface area contributed by atoms with Gasteiger partial charge in [-0.15, -0.1) is 0 Å². The van der Waals surface area contributed by atoms with Gasteiger partial charge in [0.2, 0.25) is 0 Å². The fraction of sp³-hybridized carbons (Fsp3) is 0.143. The summed E-state index contributed by atoms with van der Waals surface area (Å²) in [5.41, 5.74) is 1.73. The minimum atomic E-state index is -4.75. The van der Waals surface area contributed by atoms with Crippen molar-refractivity contribution in [2.75, 3.05) is 0 Å². The smallest absolute Gasteiger partial charge is 0.449 e. The predicted octanol–water partition coefficient (Wildman–Crippen LogP) is 4.64. The number of nitrogens with zero attached hydrogens (tertiary/aromatic N) is 1. The van der Waals surface area contributed by atoms with Crippen molar-refractivity contribution in [3.05, 3.63) is 48.5 Å². The quantitative estimate of drug-likeness (QED) is 0.606. The summed E-state index contributed by atoms with van der Waals surface area (Å²) < 4.78 is 39.3. The summed E-state index contributed by atoms with van der Waals surface area (Å²) in [6.45, 7) is -4.77. The molecule has 2 aromatic carbocycles. The molecule has 3 rings (SSSR count). The highest BCUT2D eigenvalue weighted by Crippen LogP contribution is 2.30. The average Bonchev–Trinajstić information content (AvgIpc) is 2.70. The number of hydrogen-bond acceptors (Lipinski definition) is 0. The van der Waals surface area contributed by atoms with Crippen LogP contribution in [0.25, 0.3) is 21.8 Å². The molecular weight excluding hydrogens is 250 g/mol. The highest BCUT2D eigenvalue weighted by atomic mass is 19.4. The number of aromatic nitrogens is 1. The molecule has 0 amide bonds. The Balaban J connectivity index is 2.19. The first-order valence-corrected chi connectivity index (χ1v) is 6.23. The van der Waals surface area contributed by atoms with E-state index in [1.807, 2.05) is 48.5 Å². The van der Waals surface area contributed by atoms with Crippen molar-refractivity contribution in [2.45, 2.75) is 12.9 Å². The zero-order valence-electron chi connectivity index (χ0n) is 10.2. The van der Waals surface area contributed by atoms with Crippen molar-refractivity contribution in [1.29, 1.82) is 0 Å². The SMILES string of the molecule is F[B-](F)(F)CCn1c2ccccc2c2ccccc21. The first kappa shape index (κ1) is 12.1. The molecule has 0 saturated carbocycles. The molecule has 3 aromatic rings. The van der Waals surface area contributed by atoms with Gasteiger partial charge in [-0.2, -0.15) is 0 Å². The van der Waals surface area contributed by atoms with E-state index in [2.05, 4.69) is 0 Å². The minimum absolute atomic E-state index is 0.0163. The maximum atomic E-state index is 12.5. The van der Waals surface area contributed by atoms with Crippen molar-refractivity contribution < 1.29 is 12.9 Å². The van der Waals surface area contributed by atoms with Gasteiger partial charge in [0, 0.05) is 21.8 Å². The predicted molar refractivity (Wildman–Crippen MR) is 73.3 cm³/mol. The molecule has 0 fully saturated rings. The van der Waals surface area contributed by atoms with E-state index < -0.39 is 13.3 Å². The molecule has 0 N–H and O–H groups in total. The lowest BCUT2D eigenvalue weighted by molar-refractivity contribution is 0.460. The lowest BCUT2D eigenvalue weighted by Gasteiger charge is -2.15. The minimum Gasteiger partial charge on any atom is -0.449 e. The normalized spacial score (nSPS) is 12.4. The fourth-order valence-corrected chi connectivity index (χ4v) is 2.52. The Morgan fingerprint density at radius 1 is 0.789 bits per heavy atom. The van der Waals surface area contributed by atoms with Crippen LogP contribution in [0.2, 0.25) is 6.32 Å². The first-order chi connectivity index (χ1) is 9.06. The fourth-order valence-electron chi connectivity index (χ4n) is 2.52. The maximum absolute atomic E-state index is 12.5. The summed E-state index contributed by atoms with van der Waals surface area (Å²) in [5.74, 6) is 0. The Bertz CT molecular complexity index is 677. The van der Waals surface area contributed by atoms with Crippen LogP contribution in [0, 0.1) is 0 Å². The van der Waals surface area contributed by atoms with E-state index in [1.165, 1.54) is 0 Å². The summed E-state index contributed by atoms with van der Waals surface area (Å²) in [4.78, 5) is 0. The monoisotopic (exact) mass is 262 g/mol. The molecule has 0 aliphatic carbocycles. The lowest BCUT2D eigenvalue weighted by Crippen LogP contribution is -2.17. The number of hydrogen-bond donors (Lipinski definition) is 0. The van der Waals surface area contributed by atoms with Crippen molar-refractivity contribution in [3.63, 3.8) is 0 Å². The molecule has 0 radical (unpaired) electrons. The third kappa shape index (κ3) is 2.20. The van der Waals surface area contributed by atoms with E-state index >= 15 is 0 Å².